The van der Waals surface area contributed by atoms with Gasteiger partial charge in [-0.2, -0.15) is 0 Å². The summed E-state index contributed by atoms with van der Waals surface area (Å²) in [5, 5.41) is 1.02. The molecule has 1 heterocycles. The van der Waals surface area contributed by atoms with Crippen LogP contribution in [0.1, 0.15) is 5.56 Å². The van der Waals surface area contributed by atoms with Crippen LogP contribution < -0.4 is 11.2 Å². The second-order valence-corrected chi connectivity index (χ2v) is 4.26. The Balaban J connectivity index is 2.56. The highest BCUT2D eigenvalue weighted by atomic mass is 16.1. The van der Waals surface area contributed by atoms with Gasteiger partial charge in [0.2, 0.25) is 0 Å². The van der Waals surface area contributed by atoms with Crippen LogP contribution in [0.15, 0.2) is 41.2 Å². The quantitative estimate of drug-likeness (QED) is 0.455. The molecule has 1 aromatic rings. The number of hydrogen-bond donors (Lipinski definition) is 2. The average molecular weight is 224 g/mol. The number of pyridine rings is 1. The summed E-state index contributed by atoms with van der Waals surface area (Å²) in [5.41, 5.74) is 9.63. The largest absolute Gasteiger partial charge is 0.397 e. The lowest BCUT2D eigenvalue weighted by Crippen LogP contribution is -2.12. The minimum Gasteiger partial charge on any atom is -0.397 e. The van der Waals surface area contributed by atoms with Crippen LogP contribution in [0.3, 0.4) is 0 Å². The second-order valence-electron chi connectivity index (χ2n) is 4.26. The second kappa shape index (κ2) is 3.35. The van der Waals surface area contributed by atoms with E-state index in [4.69, 9.17) is 5.73 Å². The third-order valence-electron chi connectivity index (χ3n) is 3.05. The first kappa shape index (κ1) is 9.90. The van der Waals surface area contributed by atoms with Gasteiger partial charge in [0.15, 0.2) is 5.43 Å². The smallest absolute Gasteiger partial charge is 0.190 e. The topological polar surface area (TPSA) is 58.9 Å². The van der Waals surface area contributed by atoms with E-state index in [0.29, 0.717) is 16.8 Å². The average Bonchev–Trinajstić information content (AvgIpc) is 2.34. The van der Waals surface area contributed by atoms with E-state index in [2.05, 4.69) is 4.98 Å². The Kier molecular flexibility index (Phi) is 1.95. The maximum Gasteiger partial charge on any atom is 0.190 e. The summed E-state index contributed by atoms with van der Waals surface area (Å²) in [6.45, 7) is 1.79. The first-order chi connectivity index (χ1) is 8.16. The van der Waals surface area contributed by atoms with E-state index in [1.165, 1.54) is 0 Å². The number of anilines is 1. The first-order valence-electron chi connectivity index (χ1n) is 5.47. The molecule has 1 aliphatic carbocycles. The molecule has 0 saturated carbocycles. The van der Waals surface area contributed by atoms with Gasteiger partial charge in [0, 0.05) is 11.1 Å². The van der Waals surface area contributed by atoms with E-state index in [1.54, 1.807) is 13.0 Å². The van der Waals surface area contributed by atoms with Crippen molar-refractivity contribution in [1.29, 1.82) is 0 Å². The molecule has 3 heteroatoms. The third kappa shape index (κ3) is 1.40. The number of rotatable bonds is 0. The Labute approximate surface area is 98.2 Å². The fraction of sp³-hybridized carbons (Fsp3) is 0.0714. The Bertz CT molecular complexity index is 743. The van der Waals surface area contributed by atoms with Gasteiger partial charge in [-0.3, -0.25) is 4.79 Å². The Morgan fingerprint density at radius 3 is 2.76 bits per heavy atom. The van der Waals surface area contributed by atoms with Crippen LogP contribution in [0, 0.1) is 6.92 Å². The molecule has 3 rings (SSSR count). The number of aromatic nitrogens is 1. The predicted molar refractivity (Wildman–Crippen MR) is 70.3 cm³/mol. The highest BCUT2D eigenvalue weighted by Gasteiger charge is 2.13. The van der Waals surface area contributed by atoms with Crippen LogP contribution in [0.25, 0.3) is 22.2 Å². The maximum atomic E-state index is 12.0. The van der Waals surface area contributed by atoms with Crippen molar-refractivity contribution in [2.75, 3.05) is 5.73 Å². The highest BCUT2D eigenvalue weighted by Crippen LogP contribution is 2.27. The zero-order valence-corrected chi connectivity index (χ0v) is 9.45. The lowest BCUT2D eigenvalue weighted by Gasteiger charge is -2.11. The number of nitrogens with two attached hydrogens (primary N) is 1. The molecule has 0 atom stereocenters. The van der Waals surface area contributed by atoms with Crippen LogP contribution in [0.2, 0.25) is 0 Å². The molecular formula is C14H12N2O. The molecule has 0 amide bonds. The van der Waals surface area contributed by atoms with Crippen LogP contribution in [0.4, 0.5) is 5.69 Å². The minimum absolute atomic E-state index is 0.0382. The van der Waals surface area contributed by atoms with Crippen molar-refractivity contribution < 1.29 is 0 Å². The van der Waals surface area contributed by atoms with E-state index in [-0.39, 0.29) is 5.43 Å². The van der Waals surface area contributed by atoms with Crippen molar-refractivity contribution in [3.63, 3.8) is 0 Å². The SMILES string of the molecule is Cc1cc(N)c2[nH]c3ccccc3cc-2c1=O. The van der Waals surface area contributed by atoms with Gasteiger partial charge in [-0.05, 0) is 36.1 Å². The summed E-state index contributed by atoms with van der Waals surface area (Å²) in [6.07, 6.45) is 0. The van der Waals surface area contributed by atoms with Gasteiger partial charge in [0.05, 0.1) is 11.4 Å². The number of H-pyrrole nitrogens is 1. The number of aromatic amines is 1. The van der Waals surface area contributed by atoms with Crippen LogP contribution in [-0.4, -0.2) is 4.98 Å². The van der Waals surface area contributed by atoms with Gasteiger partial charge >= 0.3 is 0 Å². The third-order valence-corrected chi connectivity index (χ3v) is 3.05. The van der Waals surface area contributed by atoms with Crippen molar-refractivity contribution in [3.8, 4) is 11.3 Å². The molecule has 3 nitrogen and oxygen atoms in total. The van der Waals surface area contributed by atoms with Crippen LogP contribution in [-0.2, 0) is 0 Å². The molecule has 0 radical (unpaired) electrons. The zero-order valence-electron chi connectivity index (χ0n) is 9.45. The van der Waals surface area contributed by atoms with Crippen LogP contribution in [0.5, 0.6) is 0 Å². The van der Waals surface area contributed by atoms with Crippen molar-refractivity contribution >= 4 is 16.6 Å². The number of para-hydroxylation sites is 1. The molecule has 0 aromatic heterocycles. The van der Waals surface area contributed by atoms with Gasteiger partial charge < -0.3 is 10.7 Å². The van der Waals surface area contributed by atoms with Gasteiger partial charge in [-0.15, -0.1) is 0 Å². The molecular weight excluding hydrogens is 212 g/mol. The molecule has 3 N–H and O–H groups in total. The molecule has 0 fully saturated rings. The highest BCUT2D eigenvalue weighted by molar-refractivity contribution is 5.88. The van der Waals surface area contributed by atoms with E-state index < -0.39 is 0 Å². The lowest BCUT2D eigenvalue weighted by molar-refractivity contribution is 1.32. The monoisotopic (exact) mass is 224 g/mol. The fourth-order valence-electron chi connectivity index (χ4n) is 2.16. The predicted octanol–water partition coefficient (Wildman–Crippen LogP) is 2.52. The number of benzene rings is 2. The molecule has 0 spiro atoms. The normalized spacial score (nSPS) is 11.1. The minimum atomic E-state index is 0.0382. The molecule has 1 aromatic carbocycles. The van der Waals surface area contributed by atoms with E-state index in [9.17, 15) is 4.79 Å². The molecule has 0 saturated heterocycles. The summed E-state index contributed by atoms with van der Waals surface area (Å²) in [7, 11) is 0. The standard InChI is InChI=1S/C14H12N2O/c1-8-6-11(15)13-10(14(8)17)7-9-4-2-3-5-12(9)16-13/h2-7,16H,15H2,1H3. The molecule has 2 aliphatic rings. The van der Waals surface area contributed by atoms with E-state index in [1.807, 2.05) is 30.3 Å². The number of hydrogen-bond acceptors (Lipinski definition) is 2. The number of nitrogens with one attached hydrogen (secondary N) is 1. The van der Waals surface area contributed by atoms with Crippen molar-refractivity contribution in [3.05, 3.63) is 52.2 Å². The summed E-state index contributed by atoms with van der Waals surface area (Å²) in [6, 6.07) is 11.5. The number of nitrogen functional groups attached to an aromatic ring is 1. The van der Waals surface area contributed by atoms with Crippen molar-refractivity contribution in [2.24, 2.45) is 0 Å². The summed E-state index contributed by atoms with van der Waals surface area (Å²) in [4.78, 5) is 15.3. The van der Waals surface area contributed by atoms with Gasteiger partial charge in [-0.1, -0.05) is 18.2 Å². The Hall–Kier alpha value is -2.29. The first-order valence-corrected chi connectivity index (χ1v) is 5.47. The molecule has 1 aliphatic heterocycles. The molecule has 84 valence electrons. The van der Waals surface area contributed by atoms with Gasteiger partial charge in [0.25, 0.3) is 0 Å². The fourth-order valence-corrected chi connectivity index (χ4v) is 2.16. The number of aryl methyl sites for hydroxylation is 1. The lowest BCUT2D eigenvalue weighted by atomic mass is 10.0. The van der Waals surface area contributed by atoms with Gasteiger partial charge in [-0.25, -0.2) is 0 Å². The van der Waals surface area contributed by atoms with Gasteiger partial charge in [0.1, 0.15) is 0 Å². The maximum absolute atomic E-state index is 12.0. The molecule has 17 heavy (non-hydrogen) atoms. The summed E-state index contributed by atoms with van der Waals surface area (Å²) in [5.74, 6) is 0. The Morgan fingerprint density at radius 2 is 1.94 bits per heavy atom. The van der Waals surface area contributed by atoms with E-state index >= 15 is 0 Å². The summed E-state index contributed by atoms with van der Waals surface area (Å²) < 4.78 is 0. The van der Waals surface area contributed by atoms with E-state index in [0.717, 1.165) is 16.6 Å². The number of fused-ring (bicyclic) bond motifs is 2. The van der Waals surface area contributed by atoms with Crippen LogP contribution >= 0.6 is 0 Å². The molecule has 0 bridgehead atoms. The molecule has 0 unspecified atom stereocenters. The van der Waals surface area contributed by atoms with Crippen molar-refractivity contribution in [1.82, 2.24) is 4.98 Å². The summed E-state index contributed by atoms with van der Waals surface area (Å²) >= 11 is 0. The Morgan fingerprint density at radius 1 is 1.18 bits per heavy atom. The zero-order chi connectivity index (χ0) is 12.0. The van der Waals surface area contributed by atoms with Crippen molar-refractivity contribution in [2.45, 2.75) is 6.92 Å².